The third kappa shape index (κ3) is 4.49. The number of methoxy groups -OCH3 is 1. The molecule has 5 heteroatoms. The van der Waals surface area contributed by atoms with Gasteiger partial charge in [-0.3, -0.25) is 4.79 Å². The number of hydrogen-bond acceptors (Lipinski definition) is 3. The fourth-order valence-corrected chi connectivity index (χ4v) is 3.03. The number of benzene rings is 2. The third-order valence-corrected chi connectivity index (χ3v) is 4.37. The molecule has 0 saturated carbocycles. The summed E-state index contributed by atoms with van der Waals surface area (Å²) in [6.07, 6.45) is 1.65. The largest absolute Gasteiger partial charge is 0.375 e. The smallest absolute Gasteiger partial charge is 0.245 e. The summed E-state index contributed by atoms with van der Waals surface area (Å²) in [5, 5.41) is 2.86. The summed E-state index contributed by atoms with van der Waals surface area (Å²) >= 11 is 0. The van der Waals surface area contributed by atoms with Crippen LogP contribution in [0.1, 0.15) is 23.4 Å². The maximum absolute atomic E-state index is 11.5. The van der Waals surface area contributed by atoms with Crippen molar-refractivity contribution >= 4 is 16.9 Å². The van der Waals surface area contributed by atoms with Crippen molar-refractivity contribution in [2.45, 2.75) is 26.3 Å². The van der Waals surface area contributed by atoms with Crippen LogP contribution in [0.2, 0.25) is 0 Å². The Hall–Kier alpha value is -2.66. The molecule has 0 bridgehead atoms. The van der Waals surface area contributed by atoms with Crippen LogP contribution in [0.15, 0.2) is 48.5 Å². The molecule has 1 heterocycles. The molecule has 136 valence electrons. The van der Waals surface area contributed by atoms with E-state index in [0.717, 1.165) is 36.2 Å². The maximum atomic E-state index is 11.5. The van der Waals surface area contributed by atoms with Gasteiger partial charge in [0.1, 0.15) is 12.4 Å². The monoisotopic (exact) mass is 351 g/mol. The molecule has 0 unspecified atom stereocenters. The number of fused-ring (bicyclic) bond motifs is 1. The van der Waals surface area contributed by atoms with Crippen molar-refractivity contribution in [3.63, 3.8) is 0 Å². The number of ether oxygens (including phenoxy) is 1. The molecule has 1 N–H and O–H groups in total. The molecule has 1 amide bonds. The van der Waals surface area contributed by atoms with Crippen molar-refractivity contribution in [1.29, 1.82) is 0 Å². The Morgan fingerprint density at radius 2 is 1.92 bits per heavy atom. The van der Waals surface area contributed by atoms with Gasteiger partial charge >= 0.3 is 0 Å². The average Bonchev–Trinajstić information content (AvgIpc) is 2.98. The molecular weight excluding hydrogens is 326 g/mol. The van der Waals surface area contributed by atoms with Gasteiger partial charge in [0.15, 0.2) is 0 Å². The fourth-order valence-electron chi connectivity index (χ4n) is 3.03. The van der Waals surface area contributed by atoms with Gasteiger partial charge in [-0.2, -0.15) is 0 Å². The van der Waals surface area contributed by atoms with Crippen LogP contribution in [0.4, 0.5) is 0 Å². The second-order valence-corrected chi connectivity index (χ2v) is 6.48. The number of carbonyl (C=O) groups excluding carboxylic acids is 1. The summed E-state index contributed by atoms with van der Waals surface area (Å²) in [5.74, 6) is 0.966. The first-order valence-corrected chi connectivity index (χ1v) is 8.92. The minimum Gasteiger partial charge on any atom is -0.375 e. The van der Waals surface area contributed by atoms with Gasteiger partial charge in [-0.25, -0.2) is 4.98 Å². The van der Waals surface area contributed by atoms with Crippen molar-refractivity contribution in [1.82, 2.24) is 14.9 Å². The van der Waals surface area contributed by atoms with E-state index in [1.54, 1.807) is 0 Å². The van der Waals surface area contributed by atoms with E-state index in [1.807, 2.05) is 18.2 Å². The number of aromatic nitrogens is 2. The van der Waals surface area contributed by atoms with Gasteiger partial charge in [0.05, 0.1) is 11.0 Å². The number of hydrogen-bond donors (Lipinski definition) is 1. The molecule has 0 saturated heterocycles. The van der Waals surface area contributed by atoms with E-state index in [2.05, 4.69) is 47.1 Å². The van der Waals surface area contributed by atoms with Crippen LogP contribution in [0.25, 0.3) is 11.0 Å². The standard InChI is InChI=1S/C21H25N3O2/c1-16-9-11-17(12-10-16)14-24-19-7-4-3-6-18(19)23-20(24)8-5-13-22-21(25)15-26-2/h3-4,6-7,9-12H,5,8,13-15H2,1-2H3,(H,22,25). The summed E-state index contributed by atoms with van der Waals surface area (Å²) in [5.41, 5.74) is 4.68. The second-order valence-electron chi connectivity index (χ2n) is 6.48. The summed E-state index contributed by atoms with van der Waals surface area (Å²) in [7, 11) is 1.52. The Morgan fingerprint density at radius 1 is 1.15 bits per heavy atom. The lowest BCUT2D eigenvalue weighted by Gasteiger charge is -2.10. The first-order valence-electron chi connectivity index (χ1n) is 8.92. The molecule has 3 aromatic rings. The summed E-state index contributed by atoms with van der Waals surface area (Å²) in [6, 6.07) is 16.8. The van der Waals surface area contributed by atoms with E-state index in [9.17, 15) is 4.79 Å². The predicted octanol–water partition coefficient (Wildman–Crippen LogP) is 3.09. The zero-order valence-corrected chi connectivity index (χ0v) is 15.4. The van der Waals surface area contributed by atoms with Crippen LogP contribution in [0, 0.1) is 6.92 Å². The molecule has 1 aromatic heterocycles. The minimum absolute atomic E-state index is 0.0827. The Balaban J connectivity index is 1.74. The Morgan fingerprint density at radius 3 is 2.69 bits per heavy atom. The highest BCUT2D eigenvalue weighted by molar-refractivity contribution is 5.77. The van der Waals surface area contributed by atoms with Gasteiger partial charge in [0.2, 0.25) is 5.91 Å². The van der Waals surface area contributed by atoms with Gasteiger partial charge in [-0.1, -0.05) is 42.0 Å². The first kappa shape index (κ1) is 18.1. The molecule has 0 fully saturated rings. The maximum Gasteiger partial charge on any atom is 0.245 e. The summed E-state index contributed by atoms with van der Waals surface area (Å²) in [4.78, 5) is 16.3. The highest BCUT2D eigenvalue weighted by Gasteiger charge is 2.11. The van der Waals surface area contributed by atoms with Gasteiger partial charge < -0.3 is 14.6 Å². The van der Waals surface area contributed by atoms with Crippen LogP contribution in [-0.2, 0) is 22.5 Å². The average molecular weight is 351 g/mol. The van der Waals surface area contributed by atoms with E-state index in [4.69, 9.17) is 9.72 Å². The van der Waals surface area contributed by atoms with E-state index in [0.29, 0.717) is 6.54 Å². The Bertz CT molecular complexity index is 869. The molecule has 2 aromatic carbocycles. The van der Waals surface area contributed by atoms with E-state index in [1.165, 1.54) is 18.2 Å². The summed E-state index contributed by atoms with van der Waals surface area (Å²) < 4.78 is 7.10. The van der Waals surface area contributed by atoms with Crippen LogP contribution in [-0.4, -0.2) is 35.7 Å². The number of aryl methyl sites for hydroxylation is 2. The highest BCUT2D eigenvalue weighted by atomic mass is 16.5. The number of carbonyl (C=O) groups is 1. The summed E-state index contributed by atoms with van der Waals surface area (Å²) in [6.45, 7) is 3.62. The quantitative estimate of drug-likeness (QED) is 0.635. The Kier molecular flexibility index (Phi) is 6.02. The molecular formula is C21H25N3O2. The zero-order chi connectivity index (χ0) is 18.4. The lowest BCUT2D eigenvalue weighted by atomic mass is 10.1. The van der Waals surface area contributed by atoms with Crippen molar-refractivity contribution in [3.8, 4) is 0 Å². The topological polar surface area (TPSA) is 56.1 Å². The molecule has 3 rings (SSSR count). The minimum atomic E-state index is -0.0827. The van der Waals surface area contributed by atoms with Gasteiger partial charge in [0, 0.05) is 26.6 Å². The van der Waals surface area contributed by atoms with Crippen molar-refractivity contribution in [2.24, 2.45) is 0 Å². The molecule has 0 atom stereocenters. The molecule has 0 radical (unpaired) electrons. The van der Waals surface area contributed by atoms with Crippen LogP contribution >= 0.6 is 0 Å². The molecule has 0 aliphatic carbocycles. The molecule has 0 aliphatic heterocycles. The van der Waals surface area contributed by atoms with E-state index < -0.39 is 0 Å². The van der Waals surface area contributed by atoms with Crippen LogP contribution < -0.4 is 5.32 Å². The van der Waals surface area contributed by atoms with E-state index in [-0.39, 0.29) is 12.5 Å². The van der Waals surface area contributed by atoms with Crippen LogP contribution in [0.5, 0.6) is 0 Å². The van der Waals surface area contributed by atoms with Crippen LogP contribution in [0.3, 0.4) is 0 Å². The number of para-hydroxylation sites is 2. The first-order chi connectivity index (χ1) is 12.7. The third-order valence-electron chi connectivity index (χ3n) is 4.37. The Labute approximate surface area is 154 Å². The van der Waals surface area contributed by atoms with Gasteiger partial charge in [-0.15, -0.1) is 0 Å². The SMILES string of the molecule is COCC(=O)NCCCc1nc2ccccc2n1Cc1ccc(C)cc1. The molecule has 26 heavy (non-hydrogen) atoms. The lowest BCUT2D eigenvalue weighted by molar-refractivity contribution is -0.124. The number of nitrogens with zero attached hydrogens (tertiary/aromatic N) is 2. The second kappa shape index (κ2) is 8.63. The molecule has 0 spiro atoms. The van der Waals surface area contributed by atoms with Crippen molar-refractivity contribution in [2.75, 3.05) is 20.3 Å². The lowest BCUT2D eigenvalue weighted by Crippen LogP contribution is -2.28. The normalized spacial score (nSPS) is 11.0. The van der Waals surface area contributed by atoms with Gasteiger partial charge in [-0.05, 0) is 31.0 Å². The number of rotatable bonds is 8. The number of amides is 1. The number of imidazole rings is 1. The van der Waals surface area contributed by atoms with Crippen molar-refractivity contribution < 1.29 is 9.53 Å². The fraction of sp³-hybridized carbons (Fsp3) is 0.333. The highest BCUT2D eigenvalue weighted by Crippen LogP contribution is 2.19. The van der Waals surface area contributed by atoms with Gasteiger partial charge in [0.25, 0.3) is 0 Å². The van der Waals surface area contributed by atoms with E-state index >= 15 is 0 Å². The zero-order valence-electron chi connectivity index (χ0n) is 15.4. The predicted molar refractivity (Wildman–Crippen MR) is 103 cm³/mol. The molecule has 5 nitrogen and oxygen atoms in total. The number of nitrogens with one attached hydrogen (secondary N) is 1. The molecule has 0 aliphatic rings. The van der Waals surface area contributed by atoms with Crippen molar-refractivity contribution in [3.05, 3.63) is 65.5 Å².